The topological polar surface area (TPSA) is 90.5 Å². The SMILES string of the molecule is COc1ccc(NC(=O)c2cnn3c2NC(c2ccco2)CC3C(F)(F)F)cc1OC. The van der Waals surface area contributed by atoms with Gasteiger partial charge in [-0.2, -0.15) is 18.3 Å². The van der Waals surface area contributed by atoms with E-state index in [-0.39, 0.29) is 17.8 Å². The second kappa shape index (κ2) is 7.89. The summed E-state index contributed by atoms with van der Waals surface area (Å²) >= 11 is 0. The summed E-state index contributed by atoms with van der Waals surface area (Å²) in [5.41, 5.74) is 0.355. The lowest BCUT2D eigenvalue weighted by Crippen LogP contribution is -2.36. The van der Waals surface area contributed by atoms with E-state index < -0.39 is 24.2 Å². The first-order valence-electron chi connectivity index (χ1n) is 9.29. The minimum atomic E-state index is -4.55. The van der Waals surface area contributed by atoms with Gasteiger partial charge in [-0.15, -0.1) is 0 Å². The van der Waals surface area contributed by atoms with E-state index in [4.69, 9.17) is 13.9 Å². The normalized spacial score (nSPS) is 18.1. The monoisotopic (exact) mass is 436 g/mol. The maximum atomic E-state index is 13.7. The Balaban J connectivity index is 1.65. The molecule has 1 amide bonds. The van der Waals surface area contributed by atoms with Gasteiger partial charge in [-0.1, -0.05) is 0 Å². The van der Waals surface area contributed by atoms with Gasteiger partial charge in [0.2, 0.25) is 0 Å². The molecule has 0 spiro atoms. The number of hydrogen-bond acceptors (Lipinski definition) is 6. The first-order chi connectivity index (χ1) is 14.8. The van der Waals surface area contributed by atoms with E-state index in [9.17, 15) is 18.0 Å². The molecule has 1 aliphatic heterocycles. The van der Waals surface area contributed by atoms with Crippen LogP contribution in [0.25, 0.3) is 0 Å². The molecule has 2 atom stereocenters. The molecule has 3 heterocycles. The predicted molar refractivity (Wildman–Crippen MR) is 105 cm³/mol. The Bertz CT molecular complexity index is 1080. The Labute approximate surface area is 174 Å². The number of nitrogens with zero attached hydrogens (tertiary/aromatic N) is 2. The van der Waals surface area contributed by atoms with Crippen LogP contribution in [0.1, 0.15) is 34.6 Å². The van der Waals surface area contributed by atoms with E-state index in [2.05, 4.69) is 15.7 Å². The Morgan fingerprint density at radius 2 is 2.03 bits per heavy atom. The Morgan fingerprint density at radius 3 is 2.68 bits per heavy atom. The van der Waals surface area contributed by atoms with Crippen LogP contribution in [-0.4, -0.2) is 36.1 Å². The molecule has 0 radical (unpaired) electrons. The second-order valence-corrected chi connectivity index (χ2v) is 6.88. The van der Waals surface area contributed by atoms with E-state index in [1.165, 1.54) is 20.5 Å². The van der Waals surface area contributed by atoms with Crippen molar-refractivity contribution in [2.45, 2.75) is 24.7 Å². The molecule has 0 bridgehead atoms. The number of nitrogens with one attached hydrogen (secondary N) is 2. The molecule has 31 heavy (non-hydrogen) atoms. The molecule has 11 heteroatoms. The fourth-order valence-corrected chi connectivity index (χ4v) is 3.52. The standard InChI is InChI=1S/C20H19F3N4O4/c1-29-15-6-5-11(8-16(15)30-2)25-19(28)12-10-24-27-17(20(21,22)23)9-13(26-18(12)27)14-4-3-7-31-14/h3-8,10,13,17,26H,9H2,1-2H3,(H,25,28). The van der Waals surface area contributed by atoms with Crippen LogP contribution in [0.5, 0.6) is 11.5 Å². The second-order valence-electron chi connectivity index (χ2n) is 6.88. The molecule has 0 fully saturated rings. The number of rotatable bonds is 5. The summed E-state index contributed by atoms with van der Waals surface area (Å²) in [4.78, 5) is 12.9. The Morgan fingerprint density at radius 1 is 1.26 bits per heavy atom. The molecule has 0 saturated heterocycles. The molecule has 8 nitrogen and oxygen atoms in total. The van der Waals surface area contributed by atoms with Gasteiger partial charge in [0, 0.05) is 18.2 Å². The number of alkyl halides is 3. The molecule has 164 valence electrons. The number of carbonyl (C=O) groups excluding carboxylic acids is 1. The zero-order valence-electron chi connectivity index (χ0n) is 16.6. The molecule has 2 unspecified atom stereocenters. The van der Waals surface area contributed by atoms with Crippen molar-refractivity contribution >= 4 is 17.4 Å². The van der Waals surface area contributed by atoms with Crippen LogP contribution >= 0.6 is 0 Å². The molecule has 2 aromatic heterocycles. The van der Waals surface area contributed by atoms with Gasteiger partial charge in [0.05, 0.1) is 32.7 Å². The predicted octanol–water partition coefficient (Wildman–Crippen LogP) is 4.41. The number of aromatic nitrogens is 2. The fourth-order valence-electron chi connectivity index (χ4n) is 3.52. The number of anilines is 2. The van der Waals surface area contributed by atoms with Crippen LogP contribution in [-0.2, 0) is 0 Å². The molecular weight excluding hydrogens is 417 g/mol. The number of amides is 1. The molecular formula is C20H19F3N4O4. The van der Waals surface area contributed by atoms with Crippen molar-refractivity contribution in [2.24, 2.45) is 0 Å². The third kappa shape index (κ3) is 3.90. The number of hydrogen-bond donors (Lipinski definition) is 2. The van der Waals surface area contributed by atoms with Gasteiger partial charge in [-0.05, 0) is 24.3 Å². The lowest BCUT2D eigenvalue weighted by atomic mass is 10.0. The quantitative estimate of drug-likeness (QED) is 0.616. The average molecular weight is 436 g/mol. The molecule has 4 rings (SSSR count). The summed E-state index contributed by atoms with van der Waals surface area (Å²) in [5.74, 6) is 0.549. The minimum absolute atomic E-state index is 0.0275. The van der Waals surface area contributed by atoms with Gasteiger partial charge in [-0.25, -0.2) is 4.68 Å². The molecule has 1 aliphatic rings. The van der Waals surface area contributed by atoms with E-state index in [1.54, 1.807) is 30.3 Å². The summed E-state index contributed by atoms with van der Waals surface area (Å²) in [6.07, 6.45) is -2.37. The third-order valence-electron chi connectivity index (χ3n) is 5.01. The van der Waals surface area contributed by atoms with Crippen molar-refractivity contribution in [1.29, 1.82) is 0 Å². The first-order valence-corrected chi connectivity index (χ1v) is 9.29. The summed E-state index contributed by atoms with van der Waals surface area (Å²) in [6, 6.07) is 5.25. The van der Waals surface area contributed by atoms with Gasteiger partial charge < -0.3 is 24.5 Å². The van der Waals surface area contributed by atoms with Crippen LogP contribution in [0.4, 0.5) is 24.7 Å². The van der Waals surface area contributed by atoms with Crippen LogP contribution in [0.2, 0.25) is 0 Å². The van der Waals surface area contributed by atoms with Crippen molar-refractivity contribution in [3.63, 3.8) is 0 Å². The highest BCUT2D eigenvalue weighted by atomic mass is 19.4. The first kappa shape index (κ1) is 20.6. The minimum Gasteiger partial charge on any atom is -0.493 e. The lowest BCUT2D eigenvalue weighted by molar-refractivity contribution is -0.174. The van der Waals surface area contributed by atoms with Crippen molar-refractivity contribution in [1.82, 2.24) is 9.78 Å². The smallest absolute Gasteiger partial charge is 0.410 e. The van der Waals surface area contributed by atoms with E-state index in [0.29, 0.717) is 22.9 Å². The van der Waals surface area contributed by atoms with Crippen molar-refractivity contribution in [2.75, 3.05) is 24.9 Å². The zero-order chi connectivity index (χ0) is 22.2. The third-order valence-corrected chi connectivity index (χ3v) is 5.01. The van der Waals surface area contributed by atoms with Gasteiger partial charge in [0.25, 0.3) is 5.91 Å². The zero-order valence-corrected chi connectivity index (χ0v) is 16.6. The average Bonchev–Trinajstić information content (AvgIpc) is 3.42. The fraction of sp³-hybridized carbons (Fsp3) is 0.300. The highest BCUT2D eigenvalue weighted by molar-refractivity contribution is 6.07. The van der Waals surface area contributed by atoms with E-state index in [1.807, 2.05) is 0 Å². The molecule has 2 N–H and O–H groups in total. The summed E-state index contributed by atoms with van der Waals surface area (Å²) < 4.78 is 57.5. The maximum Gasteiger partial charge on any atom is 0.410 e. The molecule has 3 aromatic rings. The number of furan rings is 1. The van der Waals surface area contributed by atoms with Gasteiger partial charge in [-0.3, -0.25) is 4.79 Å². The highest BCUT2D eigenvalue weighted by Crippen LogP contribution is 2.44. The van der Waals surface area contributed by atoms with Gasteiger partial charge >= 0.3 is 6.18 Å². The number of methoxy groups -OCH3 is 2. The summed E-state index contributed by atoms with van der Waals surface area (Å²) in [7, 11) is 2.93. The lowest BCUT2D eigenvalue weighted by Gasteiger charge is -2.32. The molecule has 0 saturated carbocycles. The van der Waals surface area contributed by atoms with Gasteiger partial charge in [0.15, 0.2) is 17.5 Å². The Hall–Kier alpha value is -3.63. The van der Waals surface area contributed by atoms with Crippen molar-refractivity contribution in [3.8, 4) is 11.5 Å². The molecule has 1 aromatic carbocycles. The van der Waals surface area contributed by atoms with Crippen LogP contribution in [0, 0.1) is 0 Å². The van der Waals surface area contributed by atoms with E-state index >= 15 is 0 Å². The summed E-state index contributed by atoms with van der Waals surface area (Å²) in [6.45, 7) is 0. The number of carbonyl (C=O) groups is 1. The number of fused-ring (bicyclic) bond motifs is 1. The van der Waals surface area contributed by atoms with Crippen molar-refractivity contribution in [3.05, 3.63) is 54.1 Å². The Kier molecular flexibility index (Phi) is 5.25. The van der Waals surface area contributed by atoms with Crippen LogP contribution < -0.4 is 20.1 Å². The number of halogens is 3. The summed E-state index contributed by atoms with van der Waals surface area (Å²) in [5, 5.41) is 9.45. The highest BCUT2D eigenvalue weighted by Gasteiger charge is 2.47. The molecule has 0 aliphatic carbocycles. The van der Waals surface area contributed by atoms with E-state index in [0.717, 1.165) is 10.9 Å². The van der Waals surface area contributed by atoms with Gasteiger partial charge in [0.1, 0.15) is 17.1 Å². The largest absolute Gasteiger partial charge is 0.493 e. The maximum absolute atomic E-state index is 13.7. The van der Waals surface area contributed by atoms with Crippen LogP contribution in [0.15, 0.2) is 47.2 Å². The number of benzene rings is 1. The number of ether oxygens (including phenoxy) is 2. The van der Waals surface area contributed by atoms with Crippen molar-refractivity contribution < 1.29 is 31.9 Å². The van der Waals surface area contributed by atoms with Crippen LogP contribution in [0.3, 0.4) is 0 Å².